The average Bonchev–Trinajstić information content (AvgIpc) is 3.14. The average molecular weight is 462 g/mol. The fourth-order valence-electron chi connectivity index (χ4n) is 5.20. The van der Waals surface area contributed by atoms with Gasteiger partial charge in [0.1, 0.15) is 17.6 Å². The fraction of sp³-hybridized carbons (Fsp3) is 0.379. The molecule has 0 radical (unpaired) electrons. The normalized spacial score (nSPS) is 16.8. The van der Waals surface area contributed by atoms with Crippen molar-refractivity contribution in [1.29, 1.82) is 0 Å². The maximum absolute atomic E-state index is 12.4. The summed E-state index contributed by atoms with van der Waals surface area (Å²) in [5.74, 6) is 1.80. The van der Waals surface area contributed by atoms with E-state index >= 15 is 0 Å². The molecule has 34 heavy (non-hydrogen) atoms. The van der Waals surface area contributed by atoms with Crippen molar-refractivity contribution in [2.24, 2.45) is 0 Å². The number of alkyl halides is 1. The lowest BCUT2D eigenvalue weighted by atomic mass is 9.86. The lowest BCUT2D eigenvalue weighted by molar-refractivity contribution is 0.0184. The largest absolute Gasteiger partial charge is 0.488 e. The molecule has 5 heteroatoms. The van der Waals surface area contributed by atoms with Crippen LogP contribution in [0.15, 0.2) is 59.2 Å². The number of hydrogen-bond acceptors (Lipinski definition) is 4. The summed E-state index contributed by atoms with van der Waals surface area (Å²) in [7, 11) is 0. The number of nitrogens with zero attached hydrogens (tertiary/aromatic N) is 1. The van der Waals surface area contributed by atoms with E-state index in [0.29, 0.717) is 6.42 Å². The molecule has 1 fully saturated rings. The highest BCUT2D eigenvalue weighted by atomic mass is 19.1. The van der Waals surface area contributed by atoms with Crippen LogP contribution in [0.2, 0.25) is 0 Å². The second-order valence-corrected chi connectivity index (χ2v) is 9.31. The molecule has 0 atom stereocenters. The van der Waals surface area contributed by atoms with Gasteiger partial charge in [-0.1, -0.05) is 36.4 Å². The smallest absolute Gasteiger partial charge is 0.124 e. The molecule has 2 heterocycles. The molecule has 1 aliphatic carbocycles. The Hall–Kier alpha value is -2.89. The Kier molecular flexibility index (Phi) is 6.84. The van der Waals surface area contributed by atoms with Gasteiger partial charge >= 0.3 is 0 Å². The molecule has 1 N–H and O–H groups in total. The molecule has 2 aromatic carbocycles. The summed E-state index contributed by atoms with van der Waals surface area (Å²) in [6, 6.07) is 16.8. The van der Waals surface area contributed by atoms with Crippen LogP contribution in [0.25, 0.3) is 11.1 Å². The van der Waals surface area contributed by atoms with E-state index < -0.39 is 0 Å². The van der Waals surface area contributed by atoms with Gasteiger partial charge in [0, 0.05) is 37.2 Å². The molecule has 0 saturated carbocycles. The summed E-state index contributed by atoms with van der Waals surface area (Å²) in [5.41, 5.74) is 7.91. The number of ether oxygens (including phenoxy) is 1. The second kappa shape index (κ2) is 10.2. The van der Waals surface area contributed by atoms with Gasteiger partial charge in [-0.15, -0.1) is 0 Å². The topological polar surface area (TPSA) is 45.8 Å². The van der Waals surface area contributed by atoms with E-state index in [0.717, 1.165) is 72.7 Å². The Bertz CT molecular complexity index is 1160. The van der Waals surface area contributed by atoms with E-state index in [9.17, 15) is 9.50 Å². The molecule has 0 bridgehead atoms. The molecular formula is C29H32FNO3. The van der Waals surface area contributed by atoms with Gasteiger partial charge in [0.15, 0.2) is 0 Å². The van der Waals surface area contributed by atoms with E-state index in [1.54, 1.807) is 6.26 Å². The van der Waals surface area contributed by atoms with Crippen molar-refractivity contribution >= 4 is 11.1 Å². The summed E-state index contributed by atoms with van der Waals surface area (Å²) in [5, 5.41) is 10.1. The summed E-state index contributed by atoms with van der Waals surface area (Å²) < 4.78 is 24.4. The van der Waals surface area contributed by atoms with Crippen LogP contribution < -0.4 is 4.74 Å². The first kappa shape index (κ1) is 22.9. The van der Waals surface area contributed by atoms with Crippen LogP contribution in [0, 0.1) is 6.92 Å². The standard InChI is InChI=1S/C29H32FNO3/c1-20-6-2-3-7-25(20)26-8-4-9-27-29(22(18-32)19-33-27)28(26)21-10-12-23(13-11-21)34-24-16-31(17-24)15-5-14-30/h2-3,6-7,10-13,19,24,32H,4-5,8-9,14-18H2,1H3. The van der Waals surface area contributed by atoms with Crippen LogP contribution in [0.3, 0.4) is 0 Å². The van der Waals surface area contributed by atoms with Gasteiger partial charge in [-0.2, -0.15) is 0 Å². The van der Waals surface area contributed by atoms with Crippen molar-refractivity contribution in [3.63, 3.8) is 0 Å². The van der Waals surface area contributed by atoms with Gasteiger partial charge in [-0.25, -0.2) is 0 Å². The Morgan fingerprint density at radius 1 is 1.09 bits per heavy atom. The fourth-order valence-corrected chi connectivity index (χ4v) is 5.20. The monoisotopic (exact) mass is 461 g/mol. The molecule has 5 rings (SSSR count). The molecule has 1 aliphatic heterocycles. The number of hydrogen-bond donors (Lipinski definition) is 1. The number of aliphatic hydroxyl groups excluding tert-OH is 1. The highest BCUT2D eigenvalue weighted by molar-refractivity contribution is 6.00. The highest BCUT2D eigenvalue weighted by Crippen LogP contribution is 2.43. The van der Waals surface area contributed by atoms with Crippen LogP contribution in [0.5, 0.6) is 5.75 Å². The van der Waals surface area contributed by atoms with E-state index in [4.69, 9.17) is 9.15 Å². The van der Waals surface area contributed by atoms with Crippen molar-refractivity contribution in [1.82, 2.24) is 4.90 Å². The van der Waals surface area contributed by atoms with E-state index in [2.05, 4.69) is 48.2 Å². The van der Waals surface area contributed by atoms with Crippen molar-refractivity contribution in [3.8, 4) is 5.75 Å². The van der Waals surface area contributed by atoms with Gasteiger partial charge in [-0.3, -0.25) is 9.29 Å². The molecular weight excluding hydrogens is 429 g/mol. The molecule has 178 valence electrons. The summed E-state index contributed by atoms with van der Waals surface area (Å²) in [4.78, 5) is 2.22. The molecule has 3 aromatic rings. The SMILES string of the molecule is Cc1ccccc1C1=C(c2ccc(OC3CN(CCCF)C3)cc2)c2c(CO)coc2CCC1. The van der Waals surface area contributed by atoms with Crippen molar-refractivity contribution in [3.05, 3.63) is 88.4 Å². The number of allylic oxidation sites excluding steroid dienone is 1. The first-order valence-electron chi connectivity index (χ1n) is 12.2. The van der Waals surface area contributed by atoms with Crippen molar-refractivity contribution in [2.75, 3.05) is 26.3 Å². The summed E-state index contributed by atoms with van der Waals surface area (Å²) in [6.45, 7) is 4.34. The zero-order chi connectivity index (χ0) is 23.5. The summed E-state index contributed by atoms with van der Waals surface area (Å²) in [6.07, 6.45) is 5.26. The van der Waals surface area contributed by atoms with Crippen LogP contribution >= 0.6 is 0 Å². The first-order valence-corrected chi connectivity index (χ1v) is 12.2. The predicted octanol–water partition coefficient (Wildman–Crippen LogP) is 5.80. The Morgan fingerprint density at radius 3 is 2.62 bits per heavy atom. The third-order valence-electron chi connectivity index (χ3n) is 6.94. The van der Waals surface area contributed by atoms with Crippen molar-refractivity contribution in [2.45, 2.75) is 45.3 Å². The van der Waals surface area contributed by atoms with E-state index in [1.807, 2.05) is 12.1 Å². The van der Waals surface area contributed by atoms with Crippen LogP contribution in [-0.2, 0) is 13.0 Å². The maximum Gasteiger partial charge on any atom is 0.124 e. The van der Waals surface area contributed by atoms with Crippen LogP contribution in [-0.4, -0.2) is 42.4 Å². The number of aryl methyl sites for hydroxylation is 2. The number of halogens is 1. The number of aliphatic hydroxyl groups is 1. The van der Waals surface area contributed by atoms with Gasteiger partial charge in [0.05, 0.1) is 19.5 Å². The number of likely N-dealkylation sites (tertiary alicyclic amines) is 1. The molecule has 1 saturated heterocycles. The lowest BCUT2D eigenvalue weighted by Gasteiger charge is -2.38. The van der Waals surface area contributed by atoms with E-state index in [-0.39, 0.29) is 19.4 Å². The van der Waals surface area contributed by atoms with Crippen LogP contribution in [0.1, 0.15) is 52.8 Å². The zero-order valence-corrected chi connectivity index (χ0v) is 19.7. The number of fused-ring (bicyclic) bond motifs is 1. The molecule has 0 amide bonds. The molecule has 0 unspecified atom stereocenters. The zero-order valence-electron chi connectivity index (χ0n) is 19.7. The molecule has 1 aromatic heterocycles. The quantitative estimate of drug-likeness (QED) is 0.461. The first-order chi connectivity index (χ1) is 16.7. The minimum Gasteiger partial charge on any atom is -0.488 e. The third-order valence-corrected chi connectivity index (χ3v) is 6.94. The predicted molar refractivity (Wildman–Crippen MR) is 133 cm³/mol. The van der Waals surface area contributed by atoms with Crippen LogP contribution in [0.4, 0.5) is 4.39 Å². The Labute approximate surface area is 200 Å². The number of furan rings is 1. The van der Waals surface area contributed by atoms with Gasteiger partial charge in [-0.05, 0) is 66.2 Å². The lowest BCUT2D eigenvalue weighted by Crippen LogP contribution is -2.53. The molecule has 4 nitrogen and oxygen atoms in total. The Morgan fingerprint density at radius 2 is 1.88 bits per heavy atom. The molecule has 0 spiro atoms. The highest BCUT2D eigenvalue weighted by Gasteiger charge is 2.28. The van der Waals surface area contributed by atoms with Gasteiger partial charge < -0.3 is 14.3 Å². The second-order valence-electron chi connectivity index (χ2n) is 9.31. The third kappa shape index (κ3) is 4.55. The molecule has 2 aliphatic rings. The minimum atomic E-state index is -0.264. The number of rotatable bonds is 8. The van der Waals surface area contributed by atoms with Gasteiger partial charge in [0.2, 0.25) is 0 Å². The van der Waals surface area contributed by atoms with Crippen molar-refractivity contribution < 1.29 is 18.7 Å². The maximum atomic E-state index is 12.4. The minimum absolute atomic E-state index is 0.0504. The number of benzene rings is 2. The van der Waals surface area contributed by atoms with Gasteiger partial charge in [0.25, 0.3) is 0 Å². The summed E-state index contributed by atoms with van der Waals surface area (Å²) >= 11 is 0. The Balaban J connectivity index is 1.48. The van der Waals surface area contributed by atoms with E-state index in [1.165, 1.54) is 16.7 Å².